The van der Waals surface area contributed by atoms with E-state index in [4.69, 9.17) is 19.3 Å². The maximum atomic E-state index is 11.0. The van der Waals surface area contributed by atoms with Gasteiger partial charge in [-0.1, -0.05) is 18.2 Å². The van der Waals surface area contributed by atoms with Crippen LogP contribution in [0.4, 0.5) is 0 Å². The van der Waals surface area contributed by atoms with Crippen LogP contribution in [-0.2, 0) is 22.6 Å². The monoisotopic (exact) mass is 395 g/mol. The van der Waals surface area contributed by atoms with E-state index in [0.29, 0.717) is 31.1 Å². The van der Waals surface area contributed by atoms with Crippen LogP contribution in [0.15, 0.2) is 42.6 Å². The van der Waals surface area contributed by atoms with Crippen molar-refractivity contribution in [1.82, 2.24) is 4.98 Å². The van der Waals surface area contributed by atoms with Gasteiger partial charge in [-0.25, -0.2) is 0 Å². The second-order valence-corrected chi connectivity index (χ2v) is 6.58. The molecule has 0 saturated heterocycles. The SMILES string of the molecule is CCOCc1cc(OC)c(-c2ccc(CCC(=O)O)c3ncccc23)c(OC)c1. The Morgan fingerprint density at radius 3 is 2.45 bits per heavy atom. The summed E-state index contributed by atoms with van der Waals surface area (Å²) in [6.45, 7) is 3.05. The predicted molar refractivity (Wildman–Crippen MR) is 112 cm³/mol. The highest BCUT2D eigenvalue weighted by Crippen LogP contribution is 2.43. The van der Waals surface area contributed by atoms with E-state index in [9.17, 15) is 4.79 Å². The van der Waals surface area contributed by atoms with Crippen LogP contribution >= 0.6 is 0 Å². The van der Waals surface area contributed by atoms with Gasteiger partial charge in [0.15, 0.2) is 0 Å². The third kappa shape index (κ3) is 4.49. The van der Waals surface area contributed by atoms with Gasteiger partial charge in [0, 0.05) is 24.6 Å². The number of benzene rings is 2. The van der Waals surface area contributed by atoms with Crippen molar-refractivity contribution in [3.8, 4) is 22.6 Å². The lowest BCUT2D eigenvalue weighted by molar-refractivity contribution is -0.136. The quantitative estimate of drug-likeness (QED) is 0.576. The highest BCUT2D eigenvalue weighted by Gasteiger charge is 2.18. The molecule has 1 N–H and O–H groups in total. The maximum Gasteiger partial charge on any atom is 0.303 e. The van der Waals surface area contributed by atoms with Gasteiger partial charge in [-0.15, -0.1) is 0 Å². The van der Waals surface area contributed by atoms with Gasteiger partial charge in [0.1, 0.15) is 11.5 Å². The van der Waals surface area contributed by atoms with E-state index >= 15 is 0 Å². The summed E-state index contributed by atoms with van der Waals surface area (Å²) in [6, 6.07) is 11.7. The lowest BCUT2D eigenvalue weighted by Gasteiger charge is -2.18. The molecule has 0 aliphatic rings. The number of hydrogen-bond donors (Lipinski definition) is 1. The predicted octanol–water partition coefficient (Wildman–Crippen LogP) is 4.47. The van der Waals surface area contributed by atoms with Crippen molar-refractivity contribution in [3.63, 3.8) is 0 Å². The number of nitrogens with zero attached hydrogens (tertiary/aromatic N) is 1. The molecule has 1 aromatic heterocycles. The summed E-state index contributed by atoms with van der Waals surface area (Å²) in [7, 11) is 3.26. The number of ether oxygens (including phenoxy) is 3. The van der Waals surface area contributed by atoms with Crippen molar-refractivity contribution in [2.45, 2.75) is 26.4 Å². The first kappa shape index (κ1) is 20.6. The summed E-state index contributed by atoms with van der Waals surface area (Å²) in [5.41, 5.74) is 4.40. The number of pyridine rings is 1. The summed E-state index contributed by atoms with van der Waals surface area (Å²) >= 11 is 0. The van der Waals surface area contributed by atoms with Crippen LogP contribution in [0.25, 0.3) is 22.0 Å². The first-order valence-electron chi connectivity index (χ1n) is 9.50. The first-order valence-corrected chi connectivity index (χ1v) is 9.50. The molecule has 0 fully saturated rings. The summed E-state index contributed by atoms with van der Waals surface area (Å²) < 4.78 is 16.9. The fraction of sp³-hybridized carbons (Fsp3) is 0.304. The van der Waals surface area contributed by atoms with E-state index in [1.54, 1.807) is 20.4 Å². The van der Waals surface area contributed by atoms with Crippen molar-refractivity contribution >= 4 is 16.9 Å². The number of rotatable bonds is 9. The van der Waals surface area contributed by atoms with Crippen LogP contribution in [0.5, 0.6) is 11.5 Å². The number of aliphatic carboxylic acids is 1. The molecule has 0 aliphatic carbocycles. The standard InChI is InChI=1S/C23H25NO5/c1-4-29-14-15-12-19(27-2)22(20(13-15)28-3)17-9-7-16(8-10-21(25)26)23-18(17)6-5-11-24-23/h5-7,9,11-13H,4,8,10,14H2,1-3H3,(H,25,26). The molecule has 3 aromatic rings. The third-order valence-corrected chi connectivity index (χ3v) is 4.77. The highest BCUT2D eigenvalue weighted by molar-refractivity contribution is 5.99. The number of hydrogen-bond acceptors (Lipinski definition) is 5. The van der Waals surface area contributed by atoms with Gasteiger partial charge >= 0.3 is 5.97 Å². The Bertz CT molecular complexity index is 990. The smallest absolute Gasteiger partial charge is 0.303 e. The molecule has 1 heterocycles. The second kappa shape index (κ2) is 9.39. The van der Waals surface area contributed by atoms with Gasteiger partial charge < -0.3 is 19.3 Å². The zero-order chi connectivity index (χ0) is 20.8. The van der Waals surface area contributed by atoms with E-state index < -0.39 is 5.97 Å². The normalized spacial score (nSPS) is 10.9. The number of methoxy groups -OCH3 is 2. The average Bonchev–Trinajstić information content (AvgIpc) is 2.75. The third-order valence-electron chi connectivity index (χ3n) is 4.77. The minimum atomic E-state index is -0.827. The Labute approximate surface area is 170 Å². The molecular weight excluding hydrogens is 370 g/mol. The number of carboxylic acid groups (broad SMARTS) is 1. The molecule has 3 rings (SSSR count). The molecule has 2 aromatic carbocycles. The summed E-state index contributed by atoms with van der Waals surface area (Å²) in [4.78, 5) is 15.5. The fourth-order valence-electron chi connectivity index (χ4n) is 3.43. The molecule has 29 heavy (non-hydrogen) atoms. The van der Waals surface area contributed by atoms with Crippen LogP contribution in [0, 0.1) is 0 Å². The topological polar surface area (TPSA) is 77.9 Å². The Kier molecular flexibility index (Phi) is 6.67. The Morgan fingerprint density at radius 1 is 1.10 bits per heavy atom. The minimum absolute atomic E-state index is 0.0593. The molecule has 0 bridgehead atoms. The van der Waals surface area contributed by atoms with Crippen LogP contribution in [0.2, 0.25) is 0 Å². The first-order chi connectivity index (χ1) is 14.1. The number of aromatic nitrogens is 1. The van der Waals surface area contributed by atoms with Crippen LogP contribution in [0.1, 0.15) is 24.5 Å². The second-order valence-electron chi connectivity index (χ2n) is 6.58. The largest absolute Gasteiger partial charge is 0.496 e. The zero-order valence-corrected chi connectivity index (χ0v) is 16.9. The van der Waals surface area contributed by atoms with Crippen molar-refractivity contribution in [3.05, 3.63) is 53.7 Å². The van der Waals surface area contributed by atoms with Crippen molar-refractivity contribution in [2.75, 3.05) is 20.8 Å². The van der Waals surface area contributed by atoms with Crippen LogP contribution in [-0.4, -0.2) is 36.9 Å². The molecule has 0 atom stereocenters. The van der Waals surface area contributed by atoms with Gasteiger partial charge in [-0.2, -0.15) is 0 Å². The van der Waals surface area contributed by atoms with Gasteiger partial charge in [-0.3, -0.25) is 9.78 Å². The van der Waals surface area contributed by atoms with E-state index in [1.165, 1.54) is 0 Å². The fourth-order valence-corrected chi connectivity index (χ4v) is 3.43. The summed E-state index contributed by atoms with van der Waals surface area (Å²) in [5.74, 6) is 0.538. The Balaban J connectivity index is 2.17. The summed E-state index contributed by atoms with van der Waals surface area (Å²) in [5, 5.41) is 9.96. The molecule has 0 radical (unpaired) electrons. The van der Waals surface area contributed by atoms with Gasteiger partial charge in [0.2, 0.25) is 0 Å². The van der Waals surface area contributed by atoms with Gasteiger partial charge in [0.05, 0.1) is 31.9 Å². The number of aryl methyl sites for hydroxylation is 1. The van der Waals surface area contributed by atoms with Crippen molar-refractivity contribution in [2.24, 2.45) is 0 Å². The molecule has 0 spiro atoms. The number of carboxylic acids is 1. The Hall–Kier alpha value is -3.12. The summed E-state index contributed by atoms with van der Waals surface area (Å²) in [6.07, 6.45) is 2.20. The lowest BCUT2D eigenvalue weighted by atomic mass is 9.94. The molecule has 6 nitrogen and oxygen atoms in total. The van der Waals surface area contributed by atoms with Crippen molar-refractivity contribution in [1.29, 1.82) is 0 Å². The van der Waals surface area contributed by atoms with E-state index in [1.807, 2.05) is 43.3 Å². The molecular formula is C23H25NO5. The minimum Gasteiger partial charge on any atom is -0.496 e. The van der Waals surface area contributed by atoms with E-state index in [2.05, 4.69) is 4.98 Å². The Morgan fingerprint density at radius 2 is 1.83 bits per heavy atom. The molecule has 0 unspecified atom stereocenters. The van der Waals surface area contributed by atoms with Gasteiger partial charge in [0.25, 0.3) is 0 Å². The maximum absolute atomic E-state index is 11.0. The molecule has 0 amide bonds. The lowest BCUT2D eigenvalue weighted by Crippen LogP contribution is -2.01. The molecule has 152 valence electrons. The average molecular weight is 395 g/mol. The molecule has 0 aliphatic heterocycles. The van der Waals surface area contributed by atoms with Crippen LogP contribution in [0.3, 0.4) is 0 Å². The molecule has 0 saturated carbocycles. The highest BCUT2D eigenvalue weighted by atomic mass is 16.5. The van der Waals surface area contributed by atoms with E-state index in [-0.39, 0.29) is 6.42 Å². The molecule has 6 heteroatoms. The van der Waals surface area contributed by atoms with Gasteiger partial charge in [-0.05, 0) is 48.2 Å². The number of fused-ring (bicyclic) bond motifs is 1. The zero-order valence-electron chi connectivity index (χ0n) is 16.9. The van der Waals surface area contributed by atoms with Crippen molar-refractivity contribution < 1.29 is 24.1 Å². The van der Waals surface area contributed by atoms with Crippen LogP contribution < -0.4 is 9.47 Å². The van der Waals surface area contributed by atoms with E-state index in [0.717, 1.165) is 33.2 Å². The number of carbonyl (C=O) groups is 1.